The van der Waals surface area contributed by atoms with E-state index in [4.69, 9.17) is 0 Å². The fraction of sp³-hybridized carbons (Fsp3) is 0.316. The van der Waals surface area contributed by atoms with Crippen LogP contribution in [0.2, 0.25) is 0 Å². The molecule has 25 heavy (non-hydrogen) atoms. The van der Waals surface area contributed by atoms with Gasteiger partial charge in [-0.25, -0.2) is 0 Å². The first-order valence-corrected chi connectivity index (χ1v) is 9.65. The smallest absolute Gasteiger partial charge is 0.196 e. The van der Waals surface area contributed by atoms with Gasteiger partial charge in [0, 0.05) is 30.1 Å². The van der Waals surface area contributed by atoms with Crippen molar-refractivity contribution in [2.24, 2.45) is 0 Å². The van der Waals surface area contributed by atoms with E-state index < -0.39 is 0 Å². The lowest BCUT2D eigenvalue weighted by molar-refractivity contribution is 0.554. The molecule has 0 saturated carbocycles. The second-order valence-electron chi connectivity index (χ2n) is 6.20. The highest BCUT2D eigenvalue weighted by Crippen LogP contribution is 2.26. The average molecular weight is 351 g/mol. The molecule has 5 nitrogen and oxygen atoms in total. The monoisotopic (exact) mass is 351 g/mol. The molecule has 0 radical (unpaired) electrons. The molecule has 6 heteroatoms. The van der Waals surface area contributed by atoms with E-state index in [0.29, 0.717) is 0 Å². The van der Waals surface area contributed by atoms with Crippen LogP contribution in [0.25, 0.3) is 16.6 Å². The Bertz CT molecular complexity index is 974. The summed E-state index contributed by atoms with van der Waals surface area (Å²) in [6.07, 6.45) is 7.38. The average Bonchev–Trinajstić information content (AvgIpc) is 3.28. The van der Waals surface area contributed by atoms with Gasteiger partial charge in [-0.2, -0.15) is 5.10 Å². The SMILES string of the molecule is Cc1cc2nnc(SCCCCCn3cccn3)n2c2ccccc12. The molecule has 0 aliphatic rings. The first kappa shape index (κ1) is 16.1. The van der Waals surface area contributed by atoms with Crippen LogP contribution in [0.3, 0.4) is 0 Å². The largest absolute Gasteiger partial charge is 0.273 e. The lowest BCUT2D eigenvalue weighted by Crippen LogP contribution is -1.98. The maximum absolute atomic E-state index is 4.41. The number of nitrogens with zero attached hydrogens (tertiary/aromatic N) is 5. The number of aromatic nitrogens is 5. The Balaban J connectivity index is 1.41. The Morgan fingerprint density at radius 3 is 2.84 bits per heavy atom. The van der Waals surface area contributed by atoms with Crippen molar-refractivity contribution in [3.63, 3.8) is 0 Å². The molecule has 0 N–H and O–H groups in total. The van der Waals surface area contributed by atoms with Crippen LogP contribution in [-0.2, 0) is 6.54 Å². The van der Waals surface area contributed by atoms with Crippen molar-refractivity contribution in [3.8, 4) is 0 Å². The van der Waals surface area contributed by atoms with Gasteiger partial charge >= 0.3 is 0 Å². The minimum absolute atomic E-state index is 0.928. The summed E-state index contributed by atoms with van der Waals surface area (Å²) in [6.45, 7) is 3.12. The molecular formula is C19H21N5S. The molecule has 0 spiro atoms. The summed E-state index contributed by atoms with van der Waals surface area (Å²) in [4.78, 5) is 0. The first-order valence-electron chi connectivity index (χ1n) is 8.66. The molecule has 0 aliphatic carbocycles. The summed E-state index contributed by atoms with van der Waals surface area (Å²) >= 11 is 1.79. The Kier molecular flexibility index (Phi) is 4.70. The second-order valence-corrected chi connectivity index (χ2v) is 7.26. The number of para-hydroxylation sites is 1. The highest BCUT2D eigenvalue weighted by molar-refractivity contribution is 7.99. The van der Waals surface area contributed by atoms with E-state index in [-0.39, 0.29) is 0 Å². The molecule has 3 aromatic heterocycles. The number of pyridine rings is 1. The van der Waals surface area contributed by atoms with Gasteiger partial charge in [0.2, 0.25) is 0 Å². The Morgan fingerprint density at radius 2 is 1.96 bits per heavy atom. The molecule has 0 fully saturated rings. The first-order chi connectivity index (χ1) is 12.3. The van der Waals surface area contributed by atoms with Gasteiger partial charge in [-0.3, -0.25) is 9.08 Å². The van der Waals surface area contributed by atoms with Crippen molar-refractivity contribution < 1.29 is 0 Å². The predicted octanol–water partition coefficient (Wildman–Crippen LogP) is 4.35. The van der Waals surface area contributed by atoms with Crippen LogP contribution in [0.1, 0.15) is 24.8 Å². The molecular weight excluding hydrogens is 330 g/mol. The van der Waals surface area contributed by atoms with Gasteiger partial charge in [-0.15, -0.1) is 10.2 Å². The zero-order valence-electron chi connectivity index (χ0n) is 14.3. The minimum atomic E-state index is 0.928. The zero-order chi connectivity index (χ0) is 17.1. The summed E-state index contributed by atoms with van der Waals surface area (Å²) in [6, 6.07) is 12.5. The van der Waals surface area contributed by atoms with Crippen LogP contribution in [0.4, 0.5) is 0 Å². The van der Waals surface area contributed by atoms with Gasteiger partial charge in [0.1, 0.15) is 0 Å². The molecule has 0 atom stereocenters. The summed E-state index contributed by atoms with van der Waals surface area (Å²) in [7, 11) is 0. The van der Waals surface area contributed by atoms with E-state index in [1.54, 1.807) is 11.8 Å². The number of thioether (sulfide) groups is 1. The van der Waals surface area contributed by atoms with Gasteiger partial charge < -0.3 is 0 Å². The van der Waals surface area contributed by atoms with Gasteiger partial charge in [-0.05, 0) is 43.5 Å². The van der Waals surface area contributed by atoms with Crippen LogP contribution in [-0.4, -0.2) is 30.1 Å². The van der Waals surface area contributed by atoms with Crippen molar-refractivity contribution in [2.45, 2.75) is 37.9 Å². The summed E-state index contributed by atoms with van der Waals surface area (Å²) in [5.74, 6) is 1.06. The maximum Gasteiger partial charge on any atom is 0.196 e. The number of hydrogen-bond acceptors (Lipinski definition) is 4. The van der Waals surface area contributed by atoms with Gasteiger partial charge in [0.05, 0.1) is 5.52 Å². The second kappa shape index (κ2) is 7.27. The van der Waals surface area contributed by atoms with Gasteiger partial charge in [-0.1, -0.05) is 36.4 Å². The molecule has 1 aromatic carbocycles. The number of fused-ring (bicyclic) bond motifs is 3. The highest BCUT2D eigenvalue weighted by Gasteiger charge is 2.10. The minimum Gasteiger partial charge on any atom is -0.273 e. The predicted molar refractivity (Wildman–Crippen MR) is 102 cm³/mol. The quantitative estimate of drug-likeness (QED) is 0.367. The lowest BCUT2D eigenvalue weighted by atomic mass is 10.1. The van der Waals surface area contributed by atoms with Crippen LogP contribution in [0, 0.1) is 6.92 Å². The molecule has 0 bridgehead atoms. The van der Waals surface area contributed by atoms with Crippen LogP contribution >= 0.6 is 11.8 Å². The van der Waals surface area contributed by atoms with Crippen LogP contribution < -0.4 is 0 Å². The van der Waals surface area contributed by atoms with Crippen molar-refractivity contribution in [2.75, 3.05) is 5.75 Å². The van der Waals surface area contributed by atoms with Crippen molar-refractivity contribution >= 4 is 28.3 Å². The number of rotatable bonds is 7. The van der Waals surface area contributed by atoms with Crippen LogP contribution in [0.5, 0.6) is 0 Å². The Morgan fingerprint density at radius 1 is 1.04 bits per heavy atom. The normalized spacial score (nSPS) is 11.6. The molecule has 0 aliphatic heterocycles. The number of benzene rings is 1. The molecule has 128 valence electrons. The molecule has 3 heterocycles. The Labute approximate surface area is 151 Å². The van der Waals surface area contributed by atoms with E-state index in [1.807, 2.05) is 23.1 Å². The molecule has 0 unspecified atom stereocenters. The van der Waals surface area contributed by atoms with Crippen molar-refractivity contribution in [3.05, 3.63) is 54.4 Å². The van der Waals surface area contributed by atoms with E-state index in [1.165, 1.54) is 29.3 Å². The van der Waals surface area contributed by atoms with E-state index in [9.17, 15) is 0 Å². The van der Waals surface area contributed by atoms with E-state index in [2.05, 4.69) is 57.0 Å². The van der Waals surface area contributed by atoms with Crippen molar-refractivity contribution in [1.82, 2.24) is 24.4 Å². The maximum atomic E-state index is 4.41. The van der Waals surface area contributed by atoms with Gasteiger partial charge in [0.15, 0.2) is 10.8 Å². The topological polar surface area (TPSA) is 48.0 Å². The fourth-order valence-corrected chi connectivity index (χ4v) is 4.07. The zero-order valence-corrected chi connectivity index (χ0v) is 15.1. The molecule has 0 amide bonds. The van der Waals surface area contributed by atoms with Crippen molar-refractivity contribution in [1.29, 1.82) is 0 Å². The molecule has 0 saturated heterocycles. The Hall–Kier alpha value is -2.34. The van der Waals surface area contributed by atoms with E-state index >= 15 is 0 Å². The third kappa shape index (κ3) is 3.39. The highest BCUT2D eigenvalue weighted by atomic mass is 32.2. The third-order valence-corrected chi connectivity index (χ3v) is 5.41. The molecule has 4 rings (SSSR count). The lowest BCUT2D eigenvalue weighted by Gasteiger charge is -2.07. The summed E-state index contributed by atoms with van der Waals surface area (Å²) < 4.78 is 4.17. The third-order valence-electron chi connectivity index (χ3n) is 4.40. The molecule has 4 aromatic rings. The number of aryl methyl sites for hydroxylation is 2. The summed E-state index contributed by atoms with van der Waals surface area (Å²) in [5, 5.41) is 15.2. The number of hydrogen-bond donors (Lipinski definition) is 0. The standard InChI is InChI=1S/C19H21N5S/c1-15-14-18-21-22-19(24(18)17-9-4-3-8-16(15)17)25-13-6-2-5-11-23-12-7-10-20-23/h3-4,7-10,12,14H,2,5-6,11,13H2,1H3. The summed E-state index contributed by atoms with van der Waals surface area (Å²) in [5.41, 5.74) is 3.35. The van der Waals surface area contributed by atoms with Crippen LogP contribution in [0.15, 0.2) is 53.9 Å². The van der Waals surface area contributed by atoms with E-state index in [0.717, 1.165) is 29.5 Å². The number of unbranched alkanes of at least 4 members (excludes halogenated alkanes) is 2. The fourth-order valence-electron chi connectivity index (χ4n) is 3.12. The van der Waals surface area contributed by atoms with Gasteiger partial charge in [0.25, 0.3) is 0 Å².